The van der Waals surface area contributed by atoms with Crippen LogP contribution in [0.2, 0.25) is 0 Å². The second kappa shape index (κ2) is 6.76. The van der Waals surface area contributed by atoms with E-state index in [0.717, 1.165) is 12.2 Å². The highest BCUT2D eigenvalue weighted by Gasteiger charge is 2.15. The van der Waals surface area contributed by atoms with Crippen LogP contribution in [0.25, 0.3) is 0 Å². The van der Waals surface area contributed by atoms with E-state index in [-0.39, 0.29) is 11.3 Å². The van der Waals surface area contributed by atoms with Crippen molar-refractivity contribution in [1.29, 1.82) is 0 Å². The number of rotatable bonds is 1. The van der Waals surface area contributed by atoms with Gasteiger partial charge in [0, 0.05) is 6.42 Å². The molecule has 2 aromatic carbocycles. The molecule has 0 radical (unpaired) electrons. The third-order valence-corrected chi connectivity index (χ3v) is 3.03. The Morgan fingerprint density at radius 1 is 1.10 bits per heavy atom. The maximum absolute atomic E-state index is 10.3. The molecule has 0 bridgehead atoms. The third-order valence-electron chi connectivity index (χ3n) is 3.03. The quantitative estimate of drug-likeness (QED) is 0.750. The fourth-order valence-corrected chi connectivity index (χ4v) is 1.96. The Hall–Kier alpha value is -2.53. The van der Waals surface area contributed by atoms with Crippen LogP contribution in [-0.4, -0.2) is 27.6 Å². The van der Waals surface area contributed by atoms with Crippen LogP contribution < -0.4 is 4.74 Å². The summed E-state index contributed by atoms with van der Waals surface area (Å²) in [6.45, 7) is 0. The molecule has 3 rings (SSSR count). The molecule has 1 atom stereocenters. The van der Waals surface area contributed by atoms with E-state index in [1.807, 2.05) is 24.3 Å². The summed E-state index contributed by atoms with van der Waals surface area (Å²) >= 11 is 0. The average molecular weight is 288 g/mol. The summed E-state index contributed by atoms with van der Waals surface area (Å²) in [5, 5.41) is 26.4. The van der Waals surface area contributed by atoms with Gasteiger partial charge >= 0.3 is 5.97 Å². The summed E-state index contributed by atoms with van der Waals surface area (Å²) < 4.78 is 5.19. The number of carbonyl (C=O) groups is 1. The monoisotopic (exact) mass is 288 g/mol. The van der Waals surface area contributed by atoms with E-state index in [2.05, 4.69) is 0 Å². The number of aliphatic hydroxyl groups is 1. The van der Waals surface area contributed by atoms with Crippen LogP contribution in [0.4, 0.5) is 0 Å². The minimum atomic E-state index is -1.11. The van der Waals surface area contributed by atoms with E-state index >= 15 is 0 Å². The van der Waals surface area contributed by atoms with Crippen LogP contribution in [0, 0.1) is 0 Å². The van der Waals surface area contributed by atoms with E-state index in [4.69, 9.17) is 20.1 Å². The van der Waals surface area contributed by atoms with E-state index < -0.39 is 12.3 Å². The van der Waals surface area contributed by atoms with Crippen LogP contribution in [0.15, 0.2) is 48.5 Å². The van der Waals surface area contributed by atoms with Gasteiger partial charge in [-0.05, 0) is 30.2 Å². The standard InChI is InChI=1S/C9H10O2.C7H6O3/c10-9-6-5-7-3-1-2-4-8(7)11-9;8-6-4-2-1-3-5(6)7(9)10/h1-4,9-10H,5-6H2;1-4,8H,(H,9,10). The molecule has 0 fully saturated rings. The maximum atomic E-state index is 10.3. The van der Waals surface area contributed by atoms with Gasteiger partial charge in [-0.25, -0.2) is 4.79 Å². The summed E-state index contributed by atoms with van der Waals surface area (Å²) in [4.78, 5) is 10.3. The number of carboxylic acids is 1. The third kappa shape index (κ3) is 3.97. The first-order valence-corrected chi connectivity index (χ1v) is 6.52. The number of aryl methyl sites for hydroxylation is 1. The molecule has 0 saturated heterocycles. The number of aliphatic hydroxyl groups excluding tert-OH is 1. The average Bonchev–Trinajstić information content (AvgIpc) is 2.48. The second-order valence-corrected chi connectivity index (χ2v) is 4.54. The molecular formula is C16H16O5. The number of aromatic hydroxyl groups is 1. The van der Waals surface area contributed by atoms with Gasteiger partial charge in [0.15, 0.2) is 6.29 Å². The first kappa shape index (κ1) is 14.9. The highest BCUT2D eigenvalue weighted by atomic mass is 16.6. The van der Waals surface area contributed by atoms with E-state index in [1.165, 1.54) is 17.7 Å². The van der Waals surface area contributed by atoms with Crippen molar-refractivity contribution in [2.24, 2.45) is 0 Å². The Balaban J connectivity index is 0.000000155. The SMILES string of the molecule is O=C(O)c1ccccc1O.OC1CCc2ccccc2O1. The maximum Gasteiger partial charge on any atom is 0.339 e. The number of hydrogen-bond donors (Lipinski definition) is 3. The van der Waals surface area contributed by atoms with Crippen LogP contribution >= 0.6 is 0 Å². The summed E-state index contributed by atoms with van der Waals surface area (Å²) in [5.74, 6) is -0.487. The lowest BCUT2D eigenvalue weighted by Gasteiger charge is -2.21. The van der Waals surface area contributed by atoms with Crippen molar-refractivity contribution < 1.29 is 24.9 Å². The Labute approximate surface area is 122 Å². The fraction of sp³-hybridized carbons (Fsp3) is 0.188. The number of ether oxygens (including phenoxy) is 1. The normalized spacial score (nSPS) is 16.0. The van der Waals surface area contributed by atoms with Crippen molar-refractivity contribution in [2.75, 3.05) is 0 Å². The molecule has 0 amide bonds. The van der Waals surface area contributed by atoms with Gasteiger partial charge in [-0.1, -0.05) is 30.3 Å². The number of fused-ring (bicyclic) bond motifs is 1. The van der Waals surface area contributed by atoms with Crippen LogP contribution in [0.3, 0.4) is 0 Å². The molecule has 5 nitrogen and oxygen atoms in total. The number of aromatic carboxylic acids is 1. The van der Waals surface area contributed by atoms with Crippen molar-refractivity contribution in [1.82, 2.24) is 0 Å². The van der Waals surface area contributed by atoms with Gasteiger partial charge < -0.3 is 20.1 Å². The molecule has 2 aromatic rings. The topological polar surface area (TPSA) is 87.0 Å². The minimum Gasteiger partial charge on any atom is -0.507 e. The molecule has 1 aliphatic heterocycles. The molecule has 3 N–H and O–H groups in total. The van der Waals surface area contributed by atoms with Crippen LogP contribution in [0.5, 0.6) is 11.5 Å². The van der Waals surface area contributed by atoms with E-state index in [9.17, 15) is 4.79 Å². The number of para-hydroxylation sites is 2. The zero-order chi connectivity index (χ0) is 15.2. The number of benzene rings is 2. The van der Waals surface area contributed by atoms with Gasteiger partial charge in [0.2, 0.25) is 0 Å². The van der Waals surface area contributed by atoms with Gasteiger partial charge in [-0.3, -0.25) is 0 Å². The predicted octanol–water partition coefficient (Wildman–Crippen LogP) is 2.42. The first-order chi connectivity index (χ1) is 10.1. The van der Waals surface area contributed by atoms with Gasteiger partial charge in [0.25, 0.3) is 0 Å². The summed E-state index contributed by atoms with van der Waals surface area (Å²) in [6, 6.07) is 13.6. The largest absolute Gasteiger partial charge is 0.507 e. The van der Waals surface area contributed by atoms with Crippen molar-refractivity contribution in [3.63, 3.8) is 0 Å². The first-order valence-electron chi connectivity index (χ1n) is 6.52. The minimum absolute atomic E-state index is 0.0671. The molecule has 5 heteroatoms. The van der Waals surface area contributed by atoms with Crippen molar-refractivity contribution >= 4 is 5.97 Å². The molecule has 110 valence electrons. The zero-order valence-electron chi connectivity index (χ0n) is 11.3. The smallest absolute Gasteiger partial charge is 0.339 e. The lowest BCUT2D eigenvalue weighted by atomic mass is 10.1. The zero-order valence-corrected chi connectivity index (χ0v) is 11.3. The van der Waals surface area contributed by atoms with E-state index in [0.29, 0.717) is 6.42 Å². The lowest BCUT2D eigenvalue weighted by molar-refractivity contribution is -0.0316. The predicted molar refractivity (Wildman–Crippen MR) is 76.5 cm³/mol. The Bertz CT molecular complexity index is 624. The highest BCUT2D eigenvalue weighted by Crippen LogP contribution is 2.25. The van der Waals surface area contributed by atoms with Crippen molar-refractivity contribution in [3.8, 4) is 11.5 Å². The summed E-state index contributed by atoms with van der Waals surface area (Å²) in [6.07, 6.45) is 1.01. The van der Waals surface area contributed by atoms with Gasteiger partial charge in [0.05, 0.1) is 0 Å². The highest BCUT2D eigenvalue weighted by molar-refractivity contribution is 5.90. The fourth-order valence-electron chi connectivity index (χ4n) is 1.96. The van der Waals surface area contributed by atoms with E-state index in [1.54, 1.807) is 12.1 Å². The van der Waals surface area contributed by atoms with Gasteiger partial charge in [-0.15, -0.1) is 0 Å². The molecule has 0 spiro atoms. The summed E-state index contributed by atoms with van der Waals surface area (Å²) in [7, 11) is 0. The molecule has 0 aliphatic carbocycles. The molecule has 1 heterocycles. The van der Waals surface area contributed by atoms with Gasteiger partial charge in [0.1, 0.15) is 17.1 Å². The van der Waals surface area contributed by atoms with Crippen LogP contribution in [0.1, 0.15) is 22.3 Å². The molecule has 0 saturated carbocycles. The molecule has 1 unspecified atom stereocenters. The Morgan fingerprint density at radius 2 is 1.76 bits per heavy atom. The molecular weight excluding hydrogens is 272 g/mol. The van der Waals surface area contributed by atoms with Crippen LogP contribution in [-0.2, 0) is 6.42 Å². The number of carboxylic acid groups (broad SMARTS) is 1. The lowest BCUT2D eigenvalue weighted by Crippen LogP contribution is -2.21. The summed E-state index contributed by atoms with van der Waals surface area (Å²) in [5.41, 5.74) is 1.13. The number of phenols is 1. The van der Waals surface area contributed by atoms with Crippen molar-refractivity contribution in [2.45, 2.75) is 19.1 Å². The number of hydrogen-bond acceptors (Lipinski definition) is 4. The van der Waals surface area contributed by atoms with Gasteiger partial charge in [-0.2, -0.15) is 0 Å². The molecule has 1 aliphatic rings. The second-order valence-electron chi connectivity index (χ2n) is 4.54. The molecule has 21 heavy (non-hydrogen) atoms. The van der Waals surface area contributed by atoms with Crippen molar-refractivity contribution in [3.05, 3.63) is 59.7 Å². The molecule has 0 aromatic heterocycles. The Kier molecular flexibility index (Phi) is 4.79. The Morgan fingerprint density at radius 3 is 2.43 bits per heavy atom.